The molecule has 3 rings (SSSR count). The van der Waals surface area contributed by atoms with E-state index in [-0.39, 0.29) is 11.6 Å². The average molecular weight is 465 g/mol. The normalized spacial score (nSPS) is 14.8. The topological polar surface area (TPSA) is 66.4 Å². The average Bonchev–Trinajstić information content (AvgIpc) is 3.01. The zero-order valence-corrected chi connectivity index (χ0v) is 16.6. The largest absolute Gasteiger partial charge is 0.493 e. The van der Waals surface area contributed by atoms with Crippen LogP contribution in [0.1, 0.15) is 11.1 Å². The molecular weight excluding hydrogens is 449 g/mol. The monoisotopic (exact) mass is 465 g/mol. The van der Waals surface area contributed by atoms with Gasteiger partial charge < -0.3 is 18.9 Å². The van der Waals surface area contributed by atoms with Crippen LogP contribution in [0.2, 0.25) is 0 Å². The van der Waals surface area contributed by atoms with E-state index in [0.717, 1.165) is 9.13 Å². The van der Waals surface area contributed by atoms with Crippen LogP contribution in [0.15, 0.2) is 47.1 Å². The Morgan fingerprint density at radius 2 is 1.73 bits per heavy atom. The molecule has 0 saturated carbocycles. The third-order valence-electron chi connectivity index (χ3n) is 3.68. The number of hydrogen-bond acceptors (Lipinski definition) is 6. The first-order valence-electron chi connectivity index (χ1n) is 7.64. The molecular formula is C19H16INO5. The highest BCUT2D eigenvalue weighted by Gasteiger charge is 2.24. The van der Waals surface area contributed by atoms with Crippen molar-refractivity contribution < 1.29 is 23.7 Å². The molecule has 0 bridgehead atoms. The van der Waals surface area contributed by atoms with E-state index in [4.69, 9.17) is 18.9 Å². The zero-order chi connectivity index (χ0) is 18.7. The van der Waals surface area contributed by atoms with Gasteiger partial charge in [0.05, 0.1) is 21.3 Å². The lowest BCUT2D eigenvalue weighted by Gasteiger charge is -2.12. The van der Waals surface area contributed by atoms with Crippen LogP contribution in [0.5, 0.6) is 17.2 Å². The molecule has 0 radical (unpaired) electrons. The number of esters is 1. The van der Waals surface area contributed by atoms with Gasteiger partial charge in [-0.15, -0.1) is 0 Å². The number of halogens is 1. The molecule has 0 fully saturated rings. The van der Waals surface area contributed by atoms with Crippen molar-refractivity contribution in [3.8, 4) is 17.2 Å². The lowest BCUT2D eigenvalue weighted by molar-refractivity contribution is -0.129. The smallest absolute Gasteiger partial charge is 0.363 e. The van der Waals surface area contributed by atoms with Crippen molar-refractivity contribution in [2.24, 2.45) is 4.99 Å². The van der Waals surface area contributed by atoms with Crippen LogP contribution in [0.3, 0.4) is 0 Å². The predicted octanol–water partition coefficient (Wildman–Crippen LogP) is 3.66. The summed E-state index contributed by atoms with van der Waals surface area (Å²) in [6.07, 6.45) is 1.62. The second-order valence-electron chi connectivity index (χ2n) is 5.31. The Morgan fingerprint density at radius 3 is 2.31 bits per heavy atom. The van der Waals surface area contributed by atoms with Gasteiger partial charge in [0, 0.05) is 9.13 Å². The Morgan fingerprint density at radius 1 is 1.04 bits per heavy atom. The summed E-state index contributed by atoms with van der Waals surface area (Å²) in [5.74, 6) is 1.24. The van der Waals surface area contributed by atoms with E-state index >= 15 is 0 Å². The minimum Gasteiger partial charge on any atom is -0.493 e. The molecule has 0 aliphatic carbocycles. The highest BCUT2D eigenvalue weighted by Crippen LogP contribution is 2.39. The van der Waals surface area contributed by atoms with Gasteiger partial charge in [-0.25, -0.2) is 9.79 Å². The number of nitrogens with zero attached hydrogens (tertiary/aromatic N) is 1. The molecule has 134 valence electrons. The van der Waals surface area contributed by atoms with Gasteiger partial charge in [-0.1, -0.05) is 6.07 Å². The molecule has 0 amide bonds. The van der Waals surface area contributed by atoms with Crippen molar-refractivity contribution in [1.82, 2.24) is 0 Å². The van der Waals surface area contributed by atoms with Gasteiger partial charge in [-0.2, -0.15) is 0 Å². The van der Waals surface area contributed by atoms with Crippen molar-refractivity contribution in [3.63, 3.8) is 0 Å². The summed E-state index contributed by atoms with van der Waals surface area (Å²) >= 11 is 2.19. The number of carbonyl (C=O) groups is 1. The summed E-state index contributed by atoms with van der Waals surface area (Å²) in [6, 6.07) is 11.1. The zero-order valence-electron chi connectivity index (χ0n) is 14.4. The number of methoxy groups -OCH3 is 3. The quantitative estimate of drug-likeness (QED) is 0.383. The molecule has 0 N–H and O–H groups in total. The highest BCUT2D eigenvalue weighted by molar-refractivity contribution is 14.1. The number of ether oxygens (including phenoxy) is 4. The van der Waals surface area contributed by atoms with Crippen molar-refractivity contribution >= 4 is 40.5 Å². The molecule has 2 aromatic rings. The molecule has 6 nitrogen and oxygen atoms in total. The summed E-state index contributed by atoms with van der Waals surface area (Å²) in [7, 11) is 4.60. The van der Waals surface area contributed by atoms with Gasteiger partial charge >= 0.3 is 5.97 Å². The standard InChI is InChI=1S/C19H16INO5/c1-23-15-8-11(9-16(24-2)17(15)25-3)7-14-19(22)26-18(21-14)12-5-4-6-13(20)10-12/h4-10H,1-3H3/b14-7-. The molecule has 0 spiro atoms. The summed E-state index contributed by atoms with van der Waals surface area (Å²) in [5, 5.41) is 0. The minimum absolute atomic E-state index is 0.202. The van der Waals surface area contributed by atoms with E-state index in [9.17, 15) is 4.79 Å². The van der Waals surface area contributed by atoms with E-state index < -0.39 is 5.97 Å². The fraction of sp³-hybridized carbons (Fsp3) is 0.158. The summed E-state index contributed by atoms with van der Waals surface area (Å²) in [6.45, 7) is 0. The number of cyclic esters (lactones) is 1. The van der Waals surface area contributed by atoms with Gasteiger partial charge in [0.25, 0.3) is 0 Å². The van der Waals surface area contributed by atoms with Crippen molar-refractivity contribution in [2.45, 2.75) is 0 Å². The third-order valence-corrected chi connectivity index (χ3v) is 4.35. The second kappa shape index (κ2) is 7.77. The van der Waals surface area contributed by atoms with Gasteiger partial charge in [-0.3, -0.25) is 0 Å². The number of benzene rings is 2. The molecule has 1 aliphatic rings. The highest BCUT2D eigenvalue weighted by atomic mass is 127. The Kier molecular flexibility index (Phi) is 5.46. The molecule has 0 atom stereocenters. The molecule has 2 aromatic carbocycles. The number of rotatable bonds is 5. The Hall–Kier alpha value is -2.55. The van der Waals surface area contributed by atoms with Crippen LogP contribution in [0.25, 0.3) is 6.08 Å². The van der Waals surface area contributed by atoms with E-state index in [1.54, 1.807) is 18.2 Å². The van der Waals surface area contributed by atoms with Crippen LogP contribution < -0.4 is 14.2 Å². The third kappa shape index (κ3) is 3.67. The first kappa shape index (κ1) is 18.2. The maximum Gasteiger partial charge on any atom is 0.363 e. The molecule has 1 aliphatic heterocycles. The minimum atomic E-state index is -0.507. The molecule has 7 heteroatoms. The number of carbonyl (C=O) groups excluding carboxylic acids is 1. The summed E-state index contributed by atoms with van der Waals surface area (Å²) in [4.78, 5) is 16.5. The Bertz CT molecular complexity index is 895. The molecule has 0 unspecified atom stereocenters. The molecule has 1 heterocycles. The van der Waals surface area contributed by atoms with Gasteiger partial charge in [-0.05, 0) is 64.6 Å². The van der Waals surface area contributed by atoms with Crippen molar-refractivity contribution in [2.75, 3.05) is 21.3 Å². The van der Waals surface area contributed by atoms with Crippen molar-refractivity contribution in [1.29, 1.82) is 0 Å². The van der Waals surface area contributed by atoms with Crippen LogP contribution in [-0.2, 0) is 9.53 Å². The van der Waals surface area contributed by atoms with Gasteiger partial charge in [0.15, 0.2) is 17.2 Å². The predicted molar refractivity (Wildman–Crippen MR) is 106 cm³/mol. The fourth-order valence-electron chi connectivity index (χ4n) is 2.50. The molecule has 0 saturated heterocycles. The maximum atomic E-state index is 12.2. The van der Waals surface area contributed by atoms with Gasteiger partial charge in [0.1, 0.15) is 0 Å². The fourth-order valence-corrected chi connectivity index (χ4v) is 3.04. The van der Waals surface area contributed by atoms with Crippen LogP contribution >= 0.6 is 22.6 Å². The van der Waals surface area contributed by atoms with E-state index in [1.807, 2.05) is 24.3 Å². The van der Waals surface area contributed by atoms with E-state index in [1.165, 1.54) is 21.3 Å². The Balaban J connectivity index is 2.00. The first-order valence-corrected chi connectivity index (χ1v) is 8.72. The number of aliphatic imine (C=N–C) groups is 1. The van der Waals surface area contributed by atoms with Crippen LogP contribution in [0, 0.1) is 3.57 Å². The van der Waals surface area contributed by atoms with E-state index in [2.05, 4.69) is 27.6 Å². The van der Waals surface area contributed by atoms with Gasteiger partial charge in [0.2, 0.25) is 11.6 Å². The lowest BCUT2D eigenvalue weighted by atomic mass is 10.1. The van der Waals surface area contributed by atoms with Crippen molar-refractivity contribution in [3.05, 3.63) is 56.8 Å². The lowest BCUT2D eigenvalue weighted by Crippen LogP contribution is -2.05. The van der Waals surface area contributed by atoms with Crippen LogP contribution in [-0.4, -0.2) is 33.2 Å². The molecule has 0 aromatic heterocycles. The van der Waals surface area contributed by atoms with E-state index in [0.29, 0.717) is 22.8 Å². The first-order chi connectivity index (χ1) is 12.5. The summed E-state index contributed by atoms with van der Waals surface area (Å²) < 4.78 is 22.3. The Labute approximate surface area is 164 Å². The molecule has 26 heavy (non-hydrogen) atoms. The number of hydrogen-bond donors (Lipinski definition) is 0. The second-order valence-corrected chi connectivity index (χ2v) is 6.55. The van der Waals surface area contributed by atoms with Crippen LogP contribution in [0.4, 0.5) is 0 Å². The SMILES string of the molecule is COc1cc(/C=C2\N=C(c3cccc(I)c3)OC2=O)cc(OC)c1OC. The summed E-state index contributed by atoms with van der Waals surface area (Å²) in [5.41, 5.74) is 1.63. The maximum absolute atomic E-state index is 12.2.